The Morgan fingerprint density at radius 3 is 2.46 bits per heavy atom. The van der Waals surface area contributed by atoms with Crippen molar-refractivity contribution in [1.29, 1.82) is 0 Å². The minimum atomic E-state index is -0.458. The number of halogens is 1. The summed E-state index contributed by atoms with van der Waals surface area (Å²) in [4.78, 5) is 26.5. The summed E-state index contributed by atoms with van der Waals surface area (Å²) in [7, 11) is 3.56. The summed E-state index contributed by atoms with van der Waals surface area (Å²) in [6, 6.07) is 14.1. The lowest BCUT2D eigenvalue weighted by Crippen LogP contribution is -2.37. The van der Waals surface area contributed by atoms with Crippen LogP contribution in [0.1, 0.15) is 24.1 Å². The van der Waals surface area contributed by atoms with Gasteiger partial charge in [-0.3, -0.25) is 19.8 Å². The number of amides is 1. The molecule has 0 fully saturated rings. The van der Waals surface area contributed by atoms with E-state index in [1.54, 1.807) is 23.9 Å². The van der Waals surface area contributed by atoms with Gasteiger partial charge in [0.25, 0.3) is 5.69 Å². The van der Waals surface area contributed by atoms with Crippen molar-refractivity contribution in [3.05, 3.63) is 74.8 Å². The SMILES string of the molecule is CC(c1ccccc1)N(C)C(=O)CN(C)Cc1cc([N+](=O)[O-])ccc1Cl. The number of carbonyl (C=O) groups excluding carboxylic acids is 1. The van der Waals surface area contributed by atoms with E-state index in [-0.39, 0.29) is 24.2 Å². The fourth-order valence-electron chi connectivity index (χ4n) is 2.66. The van der Waals surface area contributed by atoms with Crippen LogP contribution in [-0.2, 0) is 11.3 Å². The van der Waals surface area contributed by atoms with Crippen LogP contribution in [0.15, 0.2) is 48.5 Å². The number of carbonyl (C=O) groups is 1. The Kier molecular flexibility index (Phi) is 6.71. The van der Waals surface area contributed by atoms with E-state index in [1.807, 2.05) is 37.3 Å². The Bertz CT molecular complexity index is 783. The summed E-state index contributed by atoms with van der Waals surface area (Å²) in [5.41, 5.74) is 1.67. The molecule has 1 atom stereocenters. The zero-order valence-corrected chi connectivity index (χ0v) is 15.8. The maximum absolute atomic E-state index is 12.6. The van der Waals surface area contributed by atoms with Crippen molar-refractivity contribution in [1.82, 2.24) is 9.80 Å². The topological polar surface area (TPSA) is 66.7 Å². The third-order valence-corrected chi connectivity index (χ3v) is 4.71. The third-order valence-electron chi connectivity index (χ3n) is 4.34. The molecule has 0 radical (unpaired) electrons. The van der Waals surface area contributed by atoms with Gasteiger partial charge in [-0.15, -0.1) is 0 Å². The van der Waals surface area contributed by atoms with Crippen molar-refractivity contribution in [2.75, 3.05) is 20.6 Å². The highest BCUT2D eigenvalue weighted by Gasteiger charge is 2.19. The minimum Gasteiger partial charge on any atom is -0.338 e. The van der Waals surface area contributed by atoms with Gasteiger partial charge >= 0.3 is 0 Å². The molecule has 1 amide bonds. The van der Waals surface area contributed by atoms with Crippen LogP contribution in [0.5, 0.6) is 0 Å². The van der Waals surface area contributed by atoms with E-state index in [2.05, 4.69) is 0 Å². The van der Waals surface area contributed by atoms with Gasteiger partial charge in [-0.05, 0) is 31.2 Å². The molecule has 0 bridgehead atoms. The molecule has 0 saturated heterocycles. The van der Waals surface area contributed by atoms with Gasteiger partial charge in [-0.1, -0.05) is 41.9 Å². The Hall–Kier alpha value is -2.44. The number of nitro groups is 1. The summed E-state index contributed by atoms with van der Waals surface area (Å²) in [5, 5.41) is 11.4. The predicted molar refractivity (Wildman–Crippen MR) is 102 cm³/mol. The Balaban J connectivity index is 2.01. The molecular weight excluding hydrogens is 354 g/mol. The standard InChI is InChI=1S/C19H22ClN3O3/c1-14(15-7-5-4-6-8-15)22(3)19(24)13-21(2)12-16-11-17(23(25)26)9-10-18(16)20/h4-11,14H,12-13H2,1-3H3. The zero-order valence-electron chi connectivity index (χ0n) is 15.1. The first-order valence-electron chi connectivity index (χ1n) is 8.21. The van der Waals surface area contributed by atoms with Crippen molar-refractivity contribution < 1.29 is 9.72 Å². The van der Waals surface area contributed by atoms with Gasteiger partial charge in [0.05, 0.1) is 17.5 Å². The highest BCUT2D eigenvalue weighted by molar-refractivity contribution is 6.31. The number of nitrogens with zero attached hydrogens (tertiary/aromatic N) is 3. The first-order valence-corrected chi connectivity index (χ1v) is 8.59. The average Bonchev–Trinajstić information content (AvgIpc) is 2.62. The van der Waals surface area contributed by atoms with Gasteiger partial charge in [0.1, 0.15) is 0 Å². The third kappa shape index (κ3) is 5.03. The average molecular weight is 376 g/mol. The molecule has 0 heterocycles. The number of rotatable bonds is 7. The Labute approximate surface area is 158 Å². The van der Waals surface area contributed by atoms with Crippen LogP contribution < -0.4 is 0 Å². The van der Waals surface area contributed by atoms with Crippen molar-refractivity contribution in [2.24, 2.45) is 0 Å². The molecule has 0 aliphatic carbocycles. The van der Waals surface area contributed by atoms with Gasteiger partial charge < -0.3 is 4.90 Å². The van der Waals surface area contributed by atoms with Gasteiger partial charge in [-0.2, -0.15) is 0 Å². The second kappa shape index (κ2) is 8.78. The largest absolute Gasteiger partial charge is 0.338 e. The summed E-state index contributed by atoms with van der Waals surface area (Å²) in [6.45, 7) is 2.51. The number of likely N-dealkylation sites (N-methyl/N-ethyl adjacent to an activating group) is 2. The van der Waals surface area contributed by atoms with Crippen molar-refractivity contribution in [2.45, 2.75) is 19.5 Å². The van der Waals surface area contributed by atoms with Crippen LogP contribution in [-0.4, -0.2) is 41.3 Å². The van der Waals surface area contributed by atoms with Crippen molar-refractivity contribution in [3.63, 3.8) is 0 Å². The number of nitro benzene ring substituents is 1. The lowest BCUT2D eigenvalue weighted by molar-refractivity contribution is -0.384. The van der Waals surface area contributed by atoms with Gasteiger partial charge in [0.2, 0.25) is 5.91 Å². The fourth-order valence-corrected chi connectivity index (χ4v) is 2.83. The molecule has 26 heavy (non-hydrogen) atoms. The summed E-state index contributed by atoms with van der Waals surface area (Å²) in [5.74, 6) is -0.0367. The van der Waals surface area contributed by atoms with E-state index < -0.39 is 4.92 Å². The molecule has 0 aromatic heterocycles. The molecule has 2 rings (SSSR count). The van der Waals surface area contributed by atoms with Crippen LogP contribution in [0, 0.1) is 10.1 Å². The molecule has 0 spiro atoms. The molecule has 0 N–H and O–H groups in total. The van der Waals surface area contributed by atoms with E-state index in [1.165, 1.54) is 18.2 Å². The number of hydrogen-bond acceptors (Lipinski definition) is 4. The van der Waals surface area contributed by atoms with Crippen molar-refractivity contribution >= 4 is 23.2 Å². The Morgan fingerprint density at radius 1 is 1.19 bits per heavy atom. The quantitative estimate of drug-likeness (QED) is 0.543. The summed E-state index contributed by atoms with van der Waals surface area (Å²) < 4.78 is 0. The monoisotopic (exact) mass is 375 g/mol. The molecule has 138 valence electrons. The Morgan fingerprint density at radius 2 is 1.85 bits per heavy atom. The number of benzene rings is 2. The number of hydrogen-bond donors (Lipinski definition) is 0. The normalized spacial score (nSPS) is 12.0. The van der Waals surface area contributed by atoms with Crippen LogP contribution in [0.4, 0.5) is 5.69 Å². The maximum Gasteiger partial charge on any atom is 0.269 e. The van der Waals surface area contributed by atoms with Gasteiger partial charge in [-0.25, -0.2) is 0 Å². The van der Waals surface area contributed by atoms with Crippen molar-refractivity contribution in [3.8, 4) is 0 Å². The van der Waals surface area contributed by atoms with E-state index >= 15 is 0 Å². The van der Waals surface area contributed by atoms with Gasteiger partial charge in [0, 0.05) is 30.7 Å². The van der Waals surface area contributed by atoms with Crippen LogP contribution in [0.25, 0.3) is 0 Å². The molecule has 0 aliphatic rings. The molecule has 2 aromatic carbocycles. The lowest BCUT2D eigenvalue weighted by Gasteiger charge is -2.27. The summed E-state index contributed by atoms with van der Waals surface area (Å²) in [6.07, 6.45) is 0. The molecule has 0 saturated carbocycles. The maximum atomic E-state index is 12.6. The first kappa shape index (κ1) is 19.9. The van der Waals surface area contributed by atoms with Crippen LogP contribution in [0.2, 0.25) is 5.02 Å². The first-order chi connectivity index (χ1) is 12.3. The van der Waals surface area contributed by atoms with Gasteiger partial charge in [0.15, 0.2) is 0 Å². The second-order valence-electron chi connectivity index (χ2n) is 6.30. The smallest absolute Gasteiger partial charge is 0.269 e. The molecule has 1 unspecified atom stereocenters. The summed E-state index contributed by atoms with van der Waals surface area (Å²) >= 11 is 6.13. The second-order valence-corrected chi connectivity index (χ2v) is 6.70. The van der Waals surface area contributed by atoms with E-state index in [9.17, 15) is 14.9 Å². The molecule has 7 heteroatoms. The fraction of sp³-hybridized carbons (Fsp3) is 0.316. The highest BCUT2D eigenvalue weighted by atomic mass is 35.5. The highest BCUT2D eigenvalue weighted by Crippen LogP contribution is 2.23. The van der Waals surface area contributed by atoms with E-state index in [0.717, 1.165) is 5.56 Å². The van der Waals surface area contributed by atoms with E-state index in [4.69, 9.17) is 11.6 Å². The molecule has 0 aliphatic heterocycles. The predicted octanol–water partition coefficient (Wildman–Crippen LogP) is 3.90. The minimum absolute atomic E-state index is 0.0149. The zero-order chi connectivity index (χ0) is 19.3. The van der Waals surface area contributed by atoms with E-state index in [0.29, 0.717) is 17.1 Å². The molecule has 6 nitrogen and oxygen atoms in total. The van der Waals surface area contributed by atoms with Crippen LogP contribution >= 0.6 is 11.6 Å². The molecular formula is C19H22ClN3O3. The number of non-ortho nitro benzene ring substituents is 1. The van der Waals surface area contributed by atoms with Crippen LogP contribution in [0.3, 0.4) is 0 Å². The lowest BCUT2D eigenvalue weighted by atomic mass is 10.1. The molecule has 2 aromatic rings.